The van der Waals surface area contributed by atoms with Gasteiger partial charge in [-0.1, -0.05) is 37.9 Å². The topological polar surface area (TPSA) is 26.3 Å². The summed E-state index contributed by atoms with van der Waals surface area (Å²) in [5.41, 5.74) is 0.631. The summed E-state index contributed by atoms with van der Waals surface area (Å²) in [7, 11) is 0. The number of unbranched alkanes of at least 4 members (excludes halogenated alkanes) is 3. The number of halogens is 2. The number of carbonyl (C=O) groups excluding carboxylic acids is 1. The highest BCUT2D eigenvalue weighted by atomic mass is 79.9. The fourth-order valence-electron chi connectivity index (χ4n) is 1.67. The van der Waals surface area contributed by atoms with E-state index in [1.165, 1.54) is 0 Å². The van der Waals surface area contributed by atoms with Crippen molar-refractivity contribution in [1.29, 1.82) is 0 Å². The Morgan fingerprint density at radius 2 is 2.11 bits per heavy atom. The fourth-order valence-corrected chi connectivity index (χ4v) is 2.31. The van der Waals surface area contributed by atoms with Crippen molar-refractivity contribution < 1.29 is 9.53 Å². The molecule has 0 fully saturated rings. The number of benzene rings is 1. The van der Waals surface area contributed by atoms with Gasteiger partial charge in [0, 0.05) is 4.47 Å². The number of ketones is 1. The maximum absolute atomic E-state index is 11.8. The van der Waals surface area contributed by atoms with Crippen LogP contribution in [-0.2, 0) is 0 Å². The SMILES string of the molecule is C=CCCCCCOc1cc(Br)ccc1C(=O)CBr. The minimum absolute atomic E-state index is 0.0363. The van der Waals surface area contributed by atoms with E-state index in [-0.39, 0.29) is 5.78 Å². The predicted octanol–water partition coefficient (Wildman–Crippen LogP) is 5.15. The molecule has 0 aliphatic rings. The Morgan fingerprint density at radius 3 is 2.79 bits per heavy atom. The highest BCUT2D eigenvalue weighted by Gasteiger charge is 2.11. The molecule has 0 amide bonds. The van der Waals surface area contributed by atoms with Crippen molar-refractivity contribution in [3.8, 4) is 5.75 Å². The molecule has 2 nitrogen and oxygen atoms in total. The number of rotatable bonds is 9. The lowest BCUT2D eigenvalue weighted by Crippen LogP contribution is -2.06. The first kappa shape index (κ1) is 16.4. The second kappa shape index (κ2) is 9.32. The molecule has 0 saturated carbocycles. The van der Waals surface area contributed by atoms with E-state index < -0.39 is 0 Å². The Hall–Kier alpha value is -0.610. The summed E-state index contributed by atoms with van der Waals surface area (Å²) in [4.78, 5) is 11.8. The lowest BCUT2D eigenvalue weighted by Gasteiger charge is -2.10. The van der Waals surface area contributed by atoms with Crippen LogP contribution in [0.15, 0.2) is 35.3 Å². The molecular weight excluding hydrogens is 372 g/mol. The van der Waals surface area contributed by atoms with Crippen molar-refractivity contribution in [3.63, 3.8) is 0 Å². The standard InChI is InChI=1S/C15H18Br2O2/c1-2-3-4-5-6-9-19-15-10-12(17)7-8-13(15)14(18)11-16/h2,7-8,10H,1,3-6,9,11H2. The van der Waals surface area contributed by atoms with E-state index in [1.54, 1.807) is 6.07 Å². The van der Waals surface area contributed by atoms with Crippen molar-refractivity contribution in [2.45, 2.75) is 25.7 Å². The lowest BCUT2D eigenvalue weighted by molar-refractivity contribution is 0.101. The van der Waals surface area contributed by atoms with Crippen molar-refractivity contribution in [3.05, 3.63) is 40.9 Å². The molecular formula is C15H18Br2O2. The molecule has 4 heteroatoms. The highest BCUT2D eigenvalue weighted by Crippen LogP contribution is 2.25. The summed E-state index contributed by atoms with van der Waals surface area (Å²) in [6, 6.07) is 5.49. The van der Waals surface area contributed by atoms with E-state index in [0.29, 0.717) is 23.2 Å². The maximum atomic E-state index is 11.8. The Kier molecular flexibility index (Phi) is 8.07. The normalized spacial score (nSPS) is 10.2. The van der Waals surface area contributed by atoms with Gasteiger partial charge in [0.05, 0.1) is 17.5 Å². The number of hydrogen-bond donors (Lipinski definition) is 0. The summed E-state index contributed by atoms with van der Waals surface area (Å²) < 4.78 is 6.64. The molecule has 0 heterocycles. The van der Waals surface area contributed by atoms with E-state index in [1.807, 2.05) is 18.2 Å². The second-order valence-corrected chi connectivity index (χ2v) is 5.66. The van der Waals surface area contributed by atoms with Crippen molar-refractivity contribution in [2.75, 3.05) is 11.9 Å². The van der Waals surface area contributed by atoms with Gasteiger partial charge in [0.1, 0.15) is 5.75 Å². The molecule has 0 atom stereocenters. The van der Waals surface area contributed by atoms with Crippen LogP contribution in [0, 0.1) is 0 Å². The van der Waals surface area contributed by atoms with Gasteiger partial charge in [-0.2, -0.15) is 0 Å². The maximum Gasteiger partial charge on any atom is 0.177 e. The smallest absolute Gasteiger partial charge is 0.177 e. The van der Waals surface area contributed by atoms with Crippen LogP contribution in [-0.4, -0.2) is 17.7 Å². The number of carbonyl (C=O) groups is 1. The van der Waals surface area contributed by atoms with Gasteiger partial charge < -0.3 is 4.74 Å². The number of allylic oxidation sites excluding steroid dienone is 1. The predicted molar refractivity (Wildman–Crippen MR) is 86.4 cm³/mol. The number of hydrogen-bond acceptors (Lipinski definition) is 2. The third-order valence-corrected chi connectivity index (χ3v) is 3.68. The second-order valence-electron chi connectivity index (χ2n) is 4.18. The van der Waals surface area contributed by atoms with E-state index in [2.05, 4.69) is 38.4 Å². The number of Topliss-reactive ketones (excluding diaryl/α,β-unsaturated/α-hetero) is 1. The first-order valence-electron chi connectivity index (χ1n) is 6.31. The average molecular weight is 390 g/mol. The van der Waals surface area contributed by atoms with Gasteiger partial charge in [0.15, 0.2) is 5.78 Å². The van der Waals surface area contributed by atoms with Crippen LogP contribution in [0.1, 0.15) is 36.0 Å². The third-order valence-electron chi connectivity index (χ3n) is 2.68. The van der Waals surface area contributed by atoms with Gasteiger partial charge in [-0.05, 0) is 43.9 Å². The van der Waals surface area contributed by atoms with Gasteiger partial charge in [-0.25, -0.2) is 0 Å². The van der Waals surface area contributed by atoms with Crippen LogP contribution < -0.4 is 4.74 Å². The zero-order valence-corrected chi connectivity index (χ0v) is 14.0. The average Bonchev–Trinajstić information content (AvgIpc) is 2.42. The number of alkyl halides is 1. The van der Waals surface area contributed by atoms with Crippen LogP contribution in [0.3, 0.4) is 0 Å². The van der Waals surface area contributed by atoms with Gasteiger partial charge in [-0.3, -0.25) is 4.79 Å². The molecule has 1 aromatic rings. The first-order chi connectivity index (χ1) is 9.19. The van der Waals surface area contributed by atoms with Crippen LogP contribution in [0.4, 0.5) is 0 Å². The molecule has 19 heavy (non-hydrogen) atoms. The molecule has 0 radical (unpaired) electrons. The first-order valence-corrected chi connectivity index (χ1v) is 8.23. The zero-order valence-electron chi connectivity index (χ0n) is 10.8. The minimum atomic E-state index is 0.0363. The molecule has 0 bridgehead atoms. The lowest BCUT2D eigenvalue weighted by atomic mass is 10.1. The molecule has 0 aliphatic heterocycles. The molecule has 0 unspecified atom stereocenters. The third kappa shape index (κ3) is 5.91. The van der Waals surface area contributed by atoms with Crippen LogP contribution in [0.2, 0.25) is 0 Å². The molecule has 0 spiro atoms. The van der Waals surface area contributed by atoms with E-state index in [0.717, 1.165) is 30.2 Å². The summed E-state index contributed by atoms with van der Waals surface area (Å²) in [5.74, 6) is 0.691. The largest absolute Gasteiger partial charge is 0.493 e. The Balaban J connectivity index is 2.53. The van der Waals surface area contributed by atoms with Gasteiger partial charge in [0.25, 0.3) is 0 Å². The van der Waals surface area contributed by atoms with Crippen LogP contribution in [0.25, 0.3) is 0 Å². The van der Waals surface area contributed by atoms with Crippen molar-refractivity contribution >= 4 is 37.6 Å². The Bertz CT molecular complexity index is 430. The van der Waals surface area contributed by atoms with Gasteiger partial charge in [0.2, 0.25) is 0 Å². The fraction of sp³-hybridized carbons (Fsp3) is 0.400. The molecule has 104 valence electrons. The van der Waals surface area contributed by atoms with Gasteiger partial charge >= 0.3 is 0 Å². The Labute approximate surface area is 131 Å². The van der Waals surface area contributed by atoms with Crippen molar-refractivity contribution in [1.82, 2.24) is 0 Å². The molecule has 0 aliphatic carbocycles. The quantitative estimate of drug-likeness (QED) is 0.252. The summed E-state index contributed by atoms with van der Waals surface area (Å²) in [5, 5.41) is 0.310. The summed E-state index contributed by atoms with van der Waals surface area (Å²) in [6.07, 6.45) is 6.22. The van der Waals surface area contributed by atoms with Crippen LogP contribution in [0.5, 0.6) is 5.75 Å². The highest BCUT2D eigenvalue weighted by molar-refractivity contribution is 9.10. The van der Waals surface area contributed by atoms with Crippen LogP contribution >= 0.6 is 31.9 Å². The summed E-state index contributed by atoms with van der Waals surface area (Å²) in [6.45, 7) is 4.33. The molecule has 0 aromatic heterocycles. The van der Waals surface area contributed by atoms with Gasteiger partial charge in [-0.15, -0.1) is 6.58 Å². The number of ether oxygens (including phenoxy) is 1. The van der Waals surface area contributed by atoms with E-state index >= 15 is 0 Å². The molecule has 1 rings (SSSR count). The monoisotopic (exact) mass is 388 g/mol. The molecule has 0 saturated heterocycles. The molecule has 1 aromatic carbocycles. The molecule has 0 N–H and O–H groups in total. The minimum Gasteiger partial charge on any atom is -0.493 e. The van der Waals surface area contributed by atoms with E-state index in [9.17, 15) is 4.79 Å². The van der Waals surface area contributed by atoms with E-state index in [4.69, 9.17) is 4.74 Å². The van der Waals surface area contributed by atoms with Crippen molar-refractivity contribution in [2.24, 2.45) is 0 Å². The zero-order chi connectivity index (χ0) is 14.1. The summed E-state index contributed by atoms with van der Waals surface area (Å²) >= 11 is 6.58. The Morgan fingerprint density at radius 1 is 1.32 bits per heavy atom.